The topological polar surface area (TPSA) is 107 Å². The van der Waals surface area contributed by atoms with E-state index in [0.29, 0.717) is 36.5 Å². The summed E-state index contributed by atoms with van der Waals surface area (Å²) in [5.41, 5.74) is 4.33. The first kappa shape index (κ1) is 26.8. The molecule has 1 fully saturated rings. The lowest BCUT2D eigenvalue weighted by Crippen LogP contribution is -2.47. The summed E-state index contributed by atoms with van der Waals surface area (Å²) in [6.45, 7) is 9.50. The van der Waals surface area contributed by atoms with E-state index in [1.807, 2.05) is 12.1 Å². The third-order valence-electron chi connectivity index (χ3n) is 6.56. The lowest BCUT2D eigenvalue weighted by molar-refractivity contribution is -0.118. The Morgan fingerprint density at radius 1 is 0.816 bits per heavy atom. The van der Waals surface area contributed by atoms with Crippen LogP contribution < -0.4 is 25.8 Å². The lowest BCUT2D eigenvalue weighted by atomic mass is 10.1. The number of carbonyl (C=O) groups is 3. The quantitative estimate of drug-likeness (QED) is 0.374. The molecule has 200 valence electrons. The first-order valence-corrected chi connectivity index (χ1v) is 12.9. The van der Waals surface area contributed by atoms with Crippen LogP contribution in [0.2, 0.25) is 0 Å². The summed E-state index contributed by atoms with van der Waals surface area (Å²) in [6, 6.07) is 17.1. The Bertz CT molecular complexity index is 1290. The van der Waals surface area contributed by atoms with Crippen molar-refractivity contribution in [3.8, 4) is 0 Å². The molecule has 3 aromatic rings. The SMILES string of the molecule is CC(=O)NCCCNC(=O)c1ccc(N2CCN(c3ccccc3C)CC2)c(NC(=O)c2ccc(C)o2)c1. The first-order chi connectivity index (χ1) is 18.3. The molecule has 0 unspecified atom stereocenters. The summed E-state index contributed by atoms with van der Waals surface area (Å²) in [6.07, 6.45) is 0.621. The third-order valence-corrected chi connectivity index (χ3v) is 6.56. The Morgan fingerprint density at radius 2 is 1.50 bits per heavy atom. The number of nitrogens with zero attached hydrogens (tertiary/aromatic N) is 2. The van der Waals surface area contributed by atoms with Crippen LogP contribution in [0.15, 0.2) is 59.0 Å². The average molecular weight is 518 g/mol. The molecule has 1 saturated heterocycles. The van der Waals surface area contributed by atoms with Gasteiger partial charge in [-0.15, -0.1) is 0 Å². The van der Waals surface area contributed by atoms with Crippen LogP contribution >= 0.6 is 0 Å². The molecular formula is C29H35N5O4. The van der Waals surface area contributed by atoms with Crippen LogP contribution in [0.3, 0.4) is 0 Å². The number of hydrogen-bond acceptors (Lipinski definition) is 6. The van der Waals surface area contributed by atoms with E-state index >= 15 is 0 Å². The number of hydrogen-bond donors (Lipinski definition) is 3. The van der Waals surface area contributed by atoms with Crippen LogP contribution in [0.1, 0.15) is 45.6 Å². The van der Waals surface area contributed by atoms with Gasteiger partial charge in [-0.1, -0.05) is 18.2 Å². The number of amides is 3. The Labute approximate surface area is 223 Å². The normalized spacial score (nSPS) is 13.2. The molecule has 0 spiro atoms. The zero-order valence-electron chi connectivity index (χ0n) is 22.2. The smallest absolute Gasteiger partial charge is 0.291 e. The van der Waals surface area contributed by atoms with Crippen LogP contribution in [0, 0.1) is 13.8 Å². The highest BCUT2D eigenvalue weighted by Crippen LogP contribution is 2.30. The van der Waals surface area contributed by atoms with Crippen LogP contribution in [0.5, 0.6) is 0 Å². The second-order valence-electron chi connectivity index (χ2n) is 9.45. The number of benzene rings is 2. The number of furan rings is 1. The van der Waals surface area contributed by atoms with Gasteiger partial charge in [0.25, 0.3) is 11.8 Å². The molecule has 2 aromatic carbocycles. The minimum atomic E-state index is -0.370. The first-order valence-electron chi connectivity index (χ1n) is 12.9. The molecule has 1 aromatic heterocycles. The molecule has 0 atom stereocenters. The van der Waals surface area contributed by atoms with Gasteiger partial charge in [-0.2, -0.15) is 0 Å². The van der Waals surface area contributed by atoms with Crippen molar-refractivity contribution in [2.45, 2.75) is 27.2 Å². The van der Waals surface area contributed by atoms with E-state index in [9.17, 15) is 14.4 Å². The van der Waals surface area contributed by atoms with Gasteiger partial charge in [0, 0.05) is 57.4 Å². The number of carbonyl (C=O) groups excluding carboxylic acids is 3. The molecule has 1 aliphatic rings. The maximum absolute atomic E-state index is 13.0. The molecule has 0 saturated carbocycles. The molecule has 38 heavy (non-hydrogen) atoms. The number of para-hydroxylation sites is 1. The van der Waals surface area contributed by atoms with Gasteiger partial charge in [0.15, 0.2) is 5.76 Å². The van der Waals surface area contributed by atoms with E-state index in [2.05, 4.69) is 50.9 Å². The van der Waals surface area contributed by atoms with Gasteiger partial charge in [-0.05, 0) is 62.2 Å². The van der Waals surface area contributed by atoms with E-state index in [1.54, 1.807) is 31.2 Å². The fraction of sp³-hybridized carbons (Fsp3) is 0.345. The summed E-state index contributed by atoms with van der Waals surface area (Å²) in [5, 5.41) is 8.54. The van der Waals surface area contributed by atoms with Crippen molar-refractivity contribution in [3.63, 3.8) is 0 Å². The summed E-state index contributed by atoms with van der Waals surface area (Å²) in [5.74, 6) is 0.151. The van der Waals surface area contributed by atoms with Crippen LogP contribution in [-0.2, 0) is 4.79 Å². The molecule has 0 aliphatic carbocycles. The number of nitrogens with one attached hydrogen (secondary N) is 3. The molecule has 1 aliphatic heterocycles. The fourth-order valence-electron chi connectivity index (χ4n) is 4.56. The Morgan fingerprint density at radius 3 is 2.16 bits per heavy atom. The van der Waals surface area contributed by atoms with Crippen molar-refractivity contribution in [2.24, 2.45) is 0 Å². The highest BCUT2D eigenvalue weighted by Gasteiger charge is 2.23. The molecular weight excluding hydrogens is 482 g/mol. The Hall–Kier alpha value is -4.27. The van der Waals surface area contributed by atoms with Gasteiger partial charge in [-0.25, -0.2) is 0 Å². The van der Waals surface area contributed by atoms with Crippen LogP contribution in [0.25, 0.3) is 0 Å². The van der Waals surface area contributed by atoms with Gasteiger partial charge < -0.3 is 30.2 Å². The molecule has 2 heterocycles. The van der Waals surface area contributed by atoms with Crippen LogP contribution in [0.4, 0.5) is 17.1 Å². The standard InChI is InChI=1S/C29H35N5O4/c1-20-7-4-5-8-25(20)33-15-17-34(18-16-33)26-11-10-23(28(36)31-14-6-13-30-22(3)35)19-24(26)32-29(37)27-12-9-21(2)38-27/h4-5,7-12,19H,6,13-18H2,1-3H3,(H,30,35)(H,31,36)(H,32,37). The monoisotopic (exact) mass is 517 g/mol. The van der Waals surface area contributed by atoms with Crippen molar-refractivity contribution in [2.75, 3.05) is 54.4 Å². The lowest BCUT2D eigenvalue weighted by Gasteiger charge is -2.38. The largest absolute Gasteiger partial charge is 0.456 e. The summed E-state index contributed by atoms with van der Waals surface area (Å²) < 4.78 is 5.51. The molecule has 0 bridgehead atoms. The minimum Gasteiger partial charge on any atom is -0.456 e. The van der Waals surface area contributed by atoms with Crippen LogP contribution in [-0.4, -0.2) is 57.0 Å². The van der Waals surface area contributed by atoms with E-state index in [-0.39, 0.29) is 23.5 Å². The number of aryl methyl sites for hydroxylation is 2. The number of rotatable bonds is 9. The van der Waals surface area contributed by atoms with Gasteiger partial charge in [0.2, 0.25) is 5.91 Å². The highest BCUT2D eigenvalue weighted by molar-refractivity contribution is 6.05. The van der Waals surface area contributed by atoms with Gasteiger partial charge in [-0.3, -0.25) is 14.4 Å². The molecule has 3 amide bonds. The molecule has 9 heteroatoms. The minimum absolute atomic E-state index is 0.0983. The maximum Gasteiger partial charge on any atom is 0.291 e. The molecule has 0 radical (unpaired) electrons. The number of piperazine rings is 1. The fourth-order valence-corrected chi connectivity index (χ4v) is 4.56. The third kappa shape index (κ3) is 6.73. The maximum atomic E-state index is 13.0. The molecule has 3 N–H and O–H groups in total. The van der Waals surface area contributed by atoms with E-state index in [4.69, 9.17) is 4.42 Å². The van der Waals surface area contributed by atoms with E-state index < -0.39 is 0 Å². The molecule has 4 rings (SSSR count). The number of anilines is 3. The Balaban J connectivity index is 1.49. The predicted octanol–water partition coefficient (Wildman–Crippen LogP) is 3.73. The molecule has 9 nitrogen and oxygen atoms in total. The highest BCUT2D eigenvalue weighted by atomic mass is 16.3. The predicted molar refractivity (Wildman–Crippen MR) is 149 cm³/mol. The zero-order chi connectivity index (χ0) is 27.1. The van der Waals surface area contributed by atoms with Crippen molar-refractivity contribution in [3.05, 3.63) is 77.2 Å². The average Bonchev–Trinajstić information content (AvgIpc) is 3.35. The van der Waals surface area contributed by atoms with Crippen molar-refractivity contribution >= 4 is 34.8 Å². The second kappa shape index (κ2) is 12.3. The summed E-state index contributed by atoms with van der Waals surface area (Å²) >= 11 is 0. The van der Waals surface area contributed by atoms with Crippen molar-refractivity contribution < 1.29 is 18.8 Å². The summed E-state index contributed by atoms with van der Waals surface area (Å²) in [4.78, 5) is 41.4. The second-order valence-corrected chi connectivity index (χ2v) is 9.45. The zero-order valence-corrected chi connectivity index (χ0v) is 22.2. The Kier molecular flexibility index (Phi) is 8.68. The van der Waals surface area contributed by atoms with E-state index in [1.165, 1.54) is 18.2 Å². The van der Waals surface area contributed by atoms with Gasteiger partial charge >= 0.3 is 0 Å². The summed E-state index contributed by atoms with van der Waals surface area (Å²) in [7, 11) is 0. The van der Waals surface area contributed by atoms with E-state index in [0.717, 1.165) is 31.9 Å². The van der Waals surface area contributed by atoms with Gasteiger partial charge in [0.05, 0.1) is 11.4 Å². The van der Waals surface area contributed by atoms with Crippen molar-refractivity contribution in [1.82, 2.24) is 10.6 Å². The van der Waals surface area contributed by atoms with Crippen molar-refractivity contribution in [1.29, 1.82) is 0 Å². The van der Waals surface area contributed by atoms with Gasteiger partial charge in [0.1, 0.15) is 5.76 Å².